The van der Waals surface area contributed by atoms with Crippen molar-refractivity contribution in [2.24, 2.45) is 0 Å². The Bertz CT molecular complexity index is 746. The van der Waals surface area contributed by atoms with Gasteiger partial charge < -0.3 is 20.9 Å². The fourth-order valence-corrected chi connectivity index (χ4v) is 2.16. The van der Waals surface area contributed by atoms with E-state index in [0.717, 1.165) is 12.2 Å². The van der Waals surface area contributed by atoms with Crippen molar-refractivity contribution in [3.63, 3.8) is 0 Å². The molecule has 0 bridgehead atoms. The van der Waals surface area contributed by atoms with Gasteiger partial charge in [0.25, 0.3) is 5.91 Å². The van der Waals surface area contributed by atoms with Crippen molar-refractivity contribution in [3.05, 3.63) is 48.2 Å². The molecule has 132 valence electrons. The Balaban J connectivity index is 2.03. The molecule has 0 unspecified atom stereocenters. The fourth-order valence-electron chi connectivity index (χ4n) is 2.16. The van der Waals surface area contributed by atoms with Gasteiger partial charge in [-0.1, -0.05) is 6.07 Å². The van der Waals surface area contributed by atoms with Crippen LogP contribution in [0.2, 0.25) is 0 Å². The van der Waals surface area contributed by atoms with Gasteiger partial charge in [0.2, 0.25) is 5.91 Å². The van der Waals surface area contributed by atoms with Gasteiger partial charge in [-0.25, -0.2) is 4.98 Å². The highest BCUT2D eigenvalue weighted by molar-refractivity contribution is 5.95. The highest BCUT2D eigenvalue weighted by Gasteiger charge is 2.07. The molecule has 3 N–H and O–H groups in total. The molecule has 25 heavy (non-hydrogen) atoms. The molecule has 0 spiro atoms. The van der Waals surface area contributed by atoms with Gasteiger partial charge in [0.15, 0.2) is 0 Å². The summed E-state index contributed by atoms with van der Waals surface area (Å²) >= 11 is 0. The number of hydrogen-bond acceptors (Lipinski definition) is 5. The molecular formula is C18H23N5O2. The lowest BCUT2D eigenvalue weighted by Crippen LogP contribution is -2.31. The molecule has 1 heterocycles. The normalized spacial score (nSPS) is 10.4. The third-order valence-electron chi connectivity index (χ3n) is 3.32. The molecule has 1 aromatic carbocycles. The molecule has 0 aliphatic carbocycles. The zero-order chi connectivity index (χ0) is 18.2. The van der Waals surface area contributed by atoms with Crippen LogP contribution in [-0.2, 0) is 4.79 Å². The van der Waals surface area contributed by atoms with Crippen LogP contribution in [0.4, 0.5) is 17.2 Å². The number of carbonyl (C=O) groups is 2. The number of pyridine rings is 1. The van der Waals surface area contributed by atoms with Crippen LogP contribution < -0.4 is 16.0 Å². The number of hydrogen-bond donors (Lipinski definition) is 3. The van der Waals surface area contributed by atoms with Gasteiger partial charge in [0.1, 0.15) is 5.82 Å². The monoisotopic (exact) mass is 341 g/mol. The van der Waals surface area contributed by atoms with Crippen molar-refractivity contribution >= 4 is 29.0 Å². The summed E-state index contributed by atoms with van der Waals surface area (Å²) in [5.74, 6) is 0.284. The summed E-state index contributed by atoms with van der Waals surface area (Å²) in [6, 6.07) is 10.6. The van der Waals surface area contributed by atoms with E-state index >= 15 is 0 Å². The molecule has 2 aromatic rings. The maximum atomic E-state index is 12.2. The van der Waals surface area contributed by atoms with Gasteiger partial charge in [0, 0.05) is 43.1 Å². The summed E-state index contributed by atoms with van der Waals surface area (Å²) in [5, 5.41) is 8.73. The quantitative estimate of drug-likeness (QED) is 0.718. The van der Waals surface area contributed by atoms with E-state index in [9.17, 15) is 9.59 Å². The van der Waals surface area contributed by atoms with Crippen LogP contribution in [-0.4, -0.2) is 48.9 Å². The average Bonchev–Trinajstić information content (AvgIpc) is 2.54. The van der Waals surface area contributed by atoms with Crippen LogP contribution in [0.15, 0.2) is 42.6 Å². The van der Waals surface area contributed by atoms with Crippen molar-refractivity contribution in [2.45, 2.75) is 6.92 Å². The van der Waals surface area contributed by atoms with Crippen LogP contribution in [0.5, 0.6) is 0 Å². The largest absolute Gasteiger partial charge is 0.351 e. The summed E-state index contributed by atoms with van der Waals surface area (Å²) in [4.78, 5) is 29.5. The second-order valence-corrected chi connectivity index (χ2v) is 5.88. The molecule has 0 saturated heterocycles. The number of rotatable bonds is 7. The smallest absolute Gasteiger partial charge is 0.251 e. The lowest BCUT2D eigenvalue weighted by molar-refractivity contribution is -0.114. The lowest BCUT2D eigenvalue weighted by atomic mass is 10.2. The summed E-state index contributed by atoms with van der Waals surface area (Å²) in [6.07, 6.45) is 1.58. The fraction of sp³-hybridized carbons (Fsp3) is 0.278. The third-order valence-corrected chi connectivity index (χ3v) is 3.32. The molecule has 2 rings (SSSR count). The first-order chi connectivity index (χ1) is 11.9. The number of benzene rings is 1. The minimum atomic E-state index is -0.140. The first-order valence-corrected chi connectivity index (χ1v) is 7.97. The van der Waals surface area contributed by atoms with E-state index in [1.807, 2.05) is 31.1 Å². The van der Waals surface area contributed by atoms with Crippen LogP contribution >= 0.6 is 0 Å². The van der Waals surface area contributed by atoms with Crippen molar-refractivity contribution in [1.29, 1.82) is 0 Å². The highest BCUT2D eigenvalue weighted by Crippen LogP contribution is 2.19. The second-order valence-electron chi connectivity index (χ2n) is 5.88. The van der Waals surface area contributed by atoms with Crippen LogP contribution in [0.3, 0.4) is 0 Å². The Morgan fingerprint density at radius 3 is 2.60 bits per heavy atom. The number of nitrogens with one attached hydrogen (secondary N) is 3. The number of amides is 2. The zero-order valence-corrected chi connectivity index (χ0v) is 14.7. The van der Waals surface area contributed by atoms with Gasteiger partial charge in [-0.2, -0.15) is 0 Å². The summed E-state index contributed by atoms with van der Waals surface area (Å²) < 4.78 is 0. The van der Waals surface area contributed by atoms with Crippen molar-refractivity contribution in [1.82, 2.24) is 15.2 Å². The van der Waals surface area contributed by atoms with Gasteiger partial charge in [0.05, 0.1) is 0 Å². The van der Waals surface area contributed by atoms with E-state index in [1.54, 1.807) is 30.5 Å². The molecular weight excluding hydrogens is 318 g/mol. The summed E-state index contributed by atoms with van der Waals surface area (Å²) in [5.41, 5.74) is 1.99. The predicted molar refractivity (Wildman–Crippen MR) is 99.2 cm³/mol. The van der Waals surface area contributed by atoms with Gasteiger partial charge in [-0.05, 0) is 44.4 Å². The molecule has 0 radical (unpaired) electrons. The first kappa shape index (κ1) is 18.4. The molecule has 0 aliphatic rings. The zero-order valence-electron chi connectivity index (χ0n) is 14.7. The molecule has 0 atom stereocenters. The van der Waals surface area contributed by atoms with E-state index in [2.05, 4.69) is 20.9 Å². The number of carbonyl (C=O) groups excluding carboxylic acids is 2. The summed E-state index contributed by atoms with van der Waals surface area (Å²) in [7, 11) is 3.91. The van der Waals surface area contributed by atoms with E-state index in [4.69, 9.17) is 0 Å². The molecule has 7 nitrogen and oxygen atoms in total. The van der Waals surface area contributed by atoms with E-state index < -0.39 is 0 Å². The van der Waals surface area contributed by atoms with Gasteiger partial charge >= 0.3 is 0 Å². The Hall–Kier alpha value is -2.93. The van der Waals surface area contributed by atoms with Crippen molar-refractivity contribution < 1.29 is 9.59 Å². The Kier molecular flexibility index (Phi) is 6.47. The maximum absolute atomic E-state index is 12.2. The first-order valence-electron chi connectivity index (χ1n) is 7.97. The maximum Gasteiger partial charge on any atom is 0.251 e. The SMILES string of the molecule is CC(=O)Nc1cccc(Nc2cc(C(=O)NCCN(C)C)ccn2)c1. The van der Waals surface area contributed by atoms with Gasteiger partial charge in [-0.15, -0.1) is 0 Å². The predicted octanol–water partition coefficient (Wildman–Crippen LogP) is 2.07. The van der Waals surface area contributed by atoms with Crippen molar-refractivity contribution in [3.8, 4) is 0 Å². The molecule has 7 heteroatoms. The molecule has 0 saturated carbocycles. The number of nitrogens with zero attached hydrogens (tertiary/aromatic N) is 2. The van der Waals surface area contributed by atoms with E-state index in [0.29, 0.717) is 23.6 Å². The third kappa shape index (κ3) is 6.23. The second kappa shape index (κ2) is 8.79. The van der Waals surface area contributed by atoms with Crippen LogP contribution in [0, 0.1) is 0 Å². The average molecular weight is 341 g/mol. The number of anilines is 3. The van der Waals surface area contributed by atoms with E-state index in [-0.39, 0.29) is 11.8 Å². The topological polar surface area (TPSA) is 86.4 Å². The minimum Gasteiger partial charge on any atom is -0.351 e. The number of likely N-dealkylation sites (N-methyl/N-ethyl adjacent to an activating group) is 1. The van der Waals surface area contributed by atoms with E-state index in [1.165, 1.54) is 6.92 Å². The standard InChI is InChI=1S/C18H23N5O2/c1-13(24)21-15-5-4-6-16(12-15)22-17-11-14(7-8-19-17)18(25)20-9-10-23(2)3/h4-8,11-12H,9-10H2,1-3H3,(H,19,22)(H,20,25)(H,21,24). The lowest BCUT2D eigenvalue weighted by Gasteiger charge is -2.11. The van der Waals surface area contributed by atoms with Crippen LogP contribution in [0.25, 0.3) is 0 Å². The van der Waals surface area contributed by atoms with Gasteiger partial charge in [-0.3, -0.25) is 9.59 Å². The highest BCUT2D eigenvalue weighted by atomic mass is 16.2. The Morgan fingerprint density at radius 1 is 1.12 bits per heavy atom. The molecule has 2 amide bonds. The van der Waals surface area contributed by atoms with Crippen LogP contribution in [0.1, 0.15) is 17.3 Å². The number of aromatic nitrogens is 1. The Morgan fingerprint density at radius 2 is 1.88 bits per heavy atom. The minimum absolute atomic E-state index is 0.133. The molecule has 0 fully saturated rings. The van der Waals surface area contributed by atoms with Crippen molar-refractivity contribution in [2.75, 3.05) is 37.8 Å². The summed E-state index contributed by atoms with van der Waals surface area (Å²) in [6.45, 7) is 2.81. The molecule has 0 aliphatic heterocycles. The molecule has 1 aromatic heterocycles. The Labute approximate surface area is 147 Å².